The Morgan fingerprint density at radius 1 is 1.16 bits per heavy atom. The van der Waals surface area contributed by atoms with E-state index in [1.165, 1.54) is 12.1 Å². The SMILES string of the molecule is Cc1cc(C(=O)N2CCC(c3c[nH]c4cc(F)ccc34)CC2)nc2[nH]c(=O)[nH]c(=O)c12. The summed E-state index contributed by atoms with van der Waals surface area (Å²) in [7, 11) is 0. The van der Waals surface area contributed by atoms with Crippen molar-refractivity contribution in [1.29, 1.82) is 0 Å². The number of H-pyrrole nitrogens is 3. The highest BCUT2D eigenvalue weighted by Gasteiger charge is 2.27. The molecular formula is C22H20FN5O3. The molecule has 0 spiro atoms. The lowest BCUT2D eigenvalue weighted by atomic mass is 9.89. The second-order valence-corrected chi connectivity index (χ2v) is 7.96. The molecule has 0 saturated carbocycles. The van der Waals surface area contributed by atoms with Crippen LogP contribution in [-0.4, -0.2) is 43.8 Å². The Kier molecular flexibility index (Phi) is 4.46. The van der Waals surface area contributed by atoms with Crippen LogP contribution in [0.2, 0.25) is 0 Å². The number of amides is 1. The molecule has 5 rings (SSSR count). The highest BCUT2D eigenvalue weighted by molar-refractivity contribution is 5.95. The molecule has 4 aromatic rings. The number of likely N-dealkylation sites (tertiary alicyclic amines) is 1. The topological polar surface area (TPSA) is 115 Å². The Morgan fingerprint density at radius 3 is 2.71 bits per heavy atom. The van der Waals surface area contributed by atoms with Gasteiger partial charge in [-0.2, -0.15) is 0 Å². The lowest BCUT2D eigenvalue weighted by Crippen LogP contribution is -2.38. The normalized spacial score (nSPS) is 15.1. The van der Waals surface area contributed by atoms with Crippen LogP contribution in [0.4, 0.5) is 4.39 Å². The predicted molar refractivity (Wildman–Crippen MR) is 114 cm³/mol. The second-order valence-electron chi connectivity index (χ2n) is 7.96. The van der Waals surface area contributed by atoms with Crippen molar-refractivity contribution in [3.63, 3.8) is 0 Å². The number of aryl methyl sites for hydroxylation is 1. The molecule has 0 unspecified atom stereocenters. The van der Waals surface area contributed by atoms with Gasteiger partial charge in [0.1, 0.15) is 17.2 Å². The van der Waals surface area contributed by atoms with E-state index in [1.807, 2.05) is 6.20 Å². The smallest absolute Gasteiger partial charge is 0.327 e. The zero-order valence-corrected chi connectivity index (χ0v) is 16.8. The molecule has 1 aliphatic heterocycles. The van der Waals surface area contributed by atoms with Crippen LogP contribution in [0.15, 0.2) is 40.1 Å². The van der Waals surface area contributed by atoms with Gasteiger partial charge in [0.25, 0.3) is 11.5 Å². The summed E-state index contributed by atoms with van der Waals surface area (Å²) < 4.78 is 13.5. The fraction of sp³-hybridized carbons (Fsp3) is 0.273. The van der Waals surface area contributed by atoms with E-state index < -0.39 is 11.2 Å². The number of halogens is 1. The highest BCUT2D eigenvalue weighted by Crippen LogP contribution is 2.33. The summed E-state index contributed by atoms with van der Waals surface area (Å²) >= 11 is 0. The number of pyridine rings is 1. The first-order valence-electron chi connectivity index (χ1n) is 10.1. The third-order valence-corrected chi connectivity index (χ3v) is 6.02. The lowest BCUT2D eigenvalue weighted by molar-refractivity contribution is 0.0707. The van der Waals surface area contributed by atoms with E-state index in [0.717, 1.165) is 29.3 Å². The summed E-state index contributed by atoms with van der Waals surface area (Å²) in [4.78, 5) is 50.4. The molecule has 3 aromatic heterocycles. The Morgan fingerprint density at radius 2 is 1.94 bits per heavy atom. The lowest BCUT2D eigenvalue weighted by Gasteiger charge is -2.32. The largest absolute Gasteiger partial charge is 0.361 e. The maximum absolute atomic E-state index is 13.5. The Labute approximate surface area is 175 Å². The second kappa shape index (κ2) is 7.19. The molecule has 0 atom stereocenters. The van der Waals surface area contributed by atoms with Crippen LogP contribution < -0.4 is 11.2 Å². The van der Waals surface area contributed by atoms with Crippen LogP contribution in [-0.2, 0) is 0 Å². The molecule has 0 bridgehead atoms. The number of piperidine rings is 1. The fourth-order valence-corrected chi connectivity index (χ4v) is 4.48. The first-order valence-corrected chi connectivity index (χ1v) is 10.1. The molecule has 0 aliphatic carbocycles. The molecule has 1 saturated heterocycles. The average Bonchev–Trinajstić information content (AvgIpc) is 3.15. The molecule has 1 aromatic carbocycles. The van der Waals surface area contributed by atoms with Crippen LogP contribution >= 0.6 is 0 Å². The standard InChI is InChI=1S/C22H20FN5O3/c1-11-8-17(25-19-18(11)20(29)27-22(31)26-19)21(30)28-6-4-12(5-7-28)15-10-24-16-9-13(23)2-3-14(15)16/h2-3,8-10,12,24H,4-7H2,1H3,(H2,25,26,27,29,31). The van der Waals surface area contributed by atoms with E-state index in [-0.39, 0.29) is 34.4 Å². The van der Waals surface area contributed by atoms with E-state index in [9.17, 15) is 18.8 Å². The molecule has 158 valence electrons. The number of nitrogens with zero attached hydrogens (tertiary/aromatic N) is 2. The van der Waals surface area contributed by atoms with Crippen LogP contribution in [0.3, 0.4) is 0 Å². The van der Waals surface area contributed by atoms with Crippen molar-refractivity contribution in [2.75, 3.05) is 13.1 Å². The fourth-order valence-electron chi connectivity index (χ4n) is 4.48. The quantitative estimate of drug-likeness (QED) is 0.461. The number of fused-ring (bicyclic) bond motifs is 2. The molecule has 9 heteroatoms. The molecule has 3 N–H and O–H groups in total. The molecular weight excluding hydrogens is 401 g/mol. The first kappa shape index (κ1) is 19.2. The van der Waals surface area contributed by atoms with Crippen LogP contribution in [0, 0.1) is 12.7 Å². The van der Waals surface area contributed by atoms with Gasteiger partial charge in [0, 0.05) is 30.2 Å². The number of carbonyl (C=O) groups excluding carboxylic acids is 1. The number of carbonyl (C=O) groups is 1. The predicted octanol–water partition coefficient (Wildman–Crippen LogP) is 2.56. The Hall–Kier alpha value is -3.75. The average molecular weight is 421 g/mol. The number of benzene rings is 1. The molecule has 1 aliphatic rings. The molecule has 31 heavy (non-hydrogen) atoms. The Bertz CT molecular complexity index is 1440. The zero-order valence-electron chi connectivity index (χ0n) is 16.8. The minimum Gasteiger partial charge on any atom is -0.361 e. The number of hydrogen-bond donors (Lipinski definition) is 3. The first-order chi connectivity index (χ1) is 14.9. The van der Waals surface area contributed by atoms with E-state index in [4.69, 9.17) is 0 Å². The number of nitrogens with one attached hydrogen (secondary N) is 3. The molecule has 1 amide bonds. The number of aromatic nitrogens is 4. The van der Waals surface area contributed by atoms with Gasteiger partial charge >= 0.3 is 5.69 Å². The van der Waals surface area contributed by atoms with Gasteiger partial charge in [-0.1, -0.05) is 0 Å². The molecule has 1 fully saturated rings. The van der Waals surface area contributed by atoms with Crippen molar-refractivity contribution in [2.24, 2.45) is 0 Å². The summed E-state index contributed by atoms with van der Waals surface area (Å²) in [5, 5.41) is 1.28. The number of aromatic amines is 3. The van der Waals surface area contributed by atoms with E-state index in [0.29, 0.717) is 18.7 Å². The van der Waals surface area contributed by atoms with Gasteiger partial charge in [-0.15, -0.1) is 0 Å². The Balaban J connectivity index is 1.37. The van der Waals surface area contributed by atoms with Gasteiger partial charge in [0.15, 0.2) is 0 Å². The van der Waals surface area contributed by atoms with Gasteiger partial charge < -0.3 is 9.88 Å². The number of hydrogen-bond acceptors (Lipinski definition) is 4. The monoisotopic (exact) mass is 421 g/mol. The summed E-state index contributed by atoms with van der Waals surface area (Å²) in [5.41, 5.74) is 1.61. The van der Waals surface area contributed by atoms with Crippen molar-refractivity contribution < 1.29 is 9.18 Å². The minimum atomic E-state index is -0.659. The van der Waals surface area contributed by atoms with Crippen molar-refractivity contribution in [3.05, 3.63) is 73.9 Å². The van der Waals surface area contributed by atoms with Crippen molar-refractivity contribution in [3.8, 4) is 0 Å². The van der Waals surface area contributed by atoms with Crippen molar-refractivity contribution >= 4 is 27.8 Å². The summed E-state index contributed by atoms with van der Waals surface area (Å²) in [6.07, 6.45) is 3.48. The summed E-state index contributed by atoms with van der Waals surface area (Å²) in [6, 6.07) is 6.32. The van der Waals surface area contributed by atoms with Gasteiger partial charge in [-0.25, -0.2) is 14.2 Å². The van der Waals surface area contributed by atoms with Gasteiger partial charge in [0.2, 0.25) is 0 Å². The van der Waals surface area contributed by atoms with Crippen LogP contribution in [0.5, 0.6) is 0 Å². The van der Waals surface area contributed by atoms with E-state index >= 15 is 0 Å². The minimum absolute atomic E-state index is 0.109. The highest BCUT2D eigenvalue weighted by atomic mass is 19.1. The van der Waals surface area contributed by atoms with E-state index in [2.05, 4.69) is 19.9 Å². The van der Waals surface area contributed by atoms with Gasteiger partial charge in [-0.05, 0) is 61.1 Å². The van der Waals surface area contributed by atoms with Crippen LogP contribution in [0.25, 0.3) is 21.9 Å². The van der Waals surface area contributed by atoms with Crippen LogP contribution in [0.1, 0.15) is 40.4 Å². The summed E-state index contributed by atoms with van der Waals surface area (Å²) in [5.74, 6) is -0.238. The third-order valence-electron chi connectivity index (χ3n) is 6.02. The van der Waals surface area contributed by atoms with Crippen molar-refractivity contribution in [1.82, 2.24) is 24.8 Å². The van der Waals surface area contributed by atoms with Gasteiger partial charge in [-0.3, -0.25) is 19.6 Å². The molecule has 0 radical (unpaired) electrons. The van der Waals surface area contributed by atoms with Crippen molar-refractivity contribution in [2.45, 2.75) is 25.7 Å². The third kappa shape index (κ3) is 3.31. The number of rotatable bonds is 2. The molecule has 4 heterocycles. The maximum Gasteiger partial charge on any atom is 0.327 e. The zero-order chi connectivity index (χ0) is 21.7. The van der Waals surface area contributed by atoms with E-state index in [1.54, 1.807) is 24.0 Å². The molecule has 8 nitrogen and oxygen atoms in total. The van der Waals surface area contributed by atoms with Gasteiger partial charge in [0.05, 0.1) is 5.39 Å². The maximum atomic E-state index is 13.5. The summed E-state index contributed by atoms with van der Waals surface area (Å²) in [6.45, 7) is 2.82.